The van der Waals surface area contributed by atoms with Gasteiger partial charge in [-0.05, 0) is 89.8 Å². The lowest BCUT2D eigenvalue weighted by atomic mass is 10.0. The zero-order valence-corrected chi connectivity index (χ0v) is 28.4. The Morgan fingerprint density at radius 3 is 1.90 bits per heavy atom. The third-order valence-corrected chi connectivity index (χ3v) is 7.12. The average Bonchev–Trinajstić information content (AvgIpc) is 3.04. The number of para-hydroxylation sites is 1. The van der Waals surface area contributed by atoms with Gasteiger partial charge in [0.15, 0.2) is 0 Å². The maximum atomic E-state index is 13.1. The fraction of sp³-hybridized carbons (Fsp3) is 0.308. The summed E-state index contributed by atoms with van der Waals surface area (Å²) in [7, 11) is 0. The Morgan fingerprint density at radius 1 is 0.667 bits per heavy atom. The zero-order valence-electron chi connectivity index (χ0n) is 28.4. The number of imide groups is 1. The monoisotopic (exact) mass is 646 g/mol. The van der Waals surface area contributed by atoms with Gasteiger partial charge in [0.1, 0.15) is 22.5 Å². The molecule has 2 heterocycles. The van der Waals surface area contributed by atoms with Crippen LogP contribution in [0.2, 0.25) is 0 Å². The van der Waals surface area contributed by atoms with Crippen LogP contribution in [0, 0.1) is 0 Å². The average molecular weight is 647 g/mol. The molecule has 0 atom stereocenters. The third-order valence-electron chi connectivity index (χ3n) is 7.12. The predicted octanol–water partition coefficient (Wildman–Crippen LogP) is 9.04. The van der Waals surface area contributed by atoms with Crippen LogP contribution >= 0.6 is 0 Å². The number of hydrogen-bond acceptors (Lipinski definition) is 8. The van der Waals surface area contributed by atoms with Crippen molar-refractivity contribution in [1.29, 1.82) is 0 Å². The first-order valence-electron chi connectivity index (χ1n) is 16.1. The molecule has 3 aromatic carbocycles. The smallest absolute Gasteiger partial charge is 0.420 e. The molecule has 9 nitrogen and oxygen atoms in total. The number of carbonyl (C=O) groups excluding carboxylic acids is 2. The molecule has 0 radical (unpaired) electrons. The molecule has 0 aliphatic heterocycles. The van der Waals surface area contributed by atoms with E-state index in [-0.39, 0.29) is 6.54 Å². The van der Waals surface area contributed by atoms with Crippen molar-refractivity contribution in [1.82, 2.24) is 19.9 Å². The van der Waals surface area contributed by atoms with Crippen LogP contribution in [0.4, 0.5) is 9.59 Å². The predicted molar refractivity (Wildman–Crippen MR) is 186 cm³/mol. The van der Waals surface area contributed by atoms with Crippen molar-refractivity contribution in [3.63, 3.8) is 0 Å². The van der Waals surface area contributed by atoms with E-state index in [1.165, 1.54) is 5.56 Å². The molecular weight excluding hydrogens is 604 g/mol. The number of benzene rings is 3. The molecule has 248 valence electrons. The highest BCUT2D eigenvalue weighted by Gasteiger charge is 2.31. The summed E-state index contributed by atoms with van der Waals surface area (Å²) >= 11 is 0. The molecular formula is C39H42N4O5. The number of ether oxygens (including phenoxy) is 3. The van der Waals surface area contributed by atoms with E-state index in [9.17, 15) is 9.59 Å². The molecule has 0 aliphatic rings. The summed E-state index contributed by atoms with van der Waals surface area (Å²) in [6.07, 6.45) is 3.79. The molecule has 5 rings (SSSR count). The fourth-order valence-electron chi connectivity index (χ4n) is 4.96. The largest absolute Gasteiger partial charge is 0.491 e. The van der Waals surface area contributed by atoms with Crippen molar-refractivity contribution >= 4 is 23.2 Å². The quantitative estimate of drug-likeness (QED) is 0.146. The highest BCUT2D eigenvalue weighted by atomic mass is 16.6. The Kier molecular flexibility index (Phi) is 10.4. The maximum absolute atomic E-state index is 13.1. The van der Waals surface area contributed by atoms with E-state index in [1.54, 1.807) is 53.9 Å². The van der Waals surface area contributed by atoms with Crippen LogP contribution in [0.1, 0.15) is 59.1 Å². The topological polar surface area (TPSA) is 104 Å². The van der Waals surface area contributed by atoms with Crippen molar-refractivity contribution in [2.24, 2.45) is 0 Å². The number of pyridine rings is 1. The molecule has 2 amide bonds. The summed E-state index contributed by atoms with van der Waals surface area (Å²) in [5.41, 5.74) is 4.93. The molecule has 0 spiro atoms. The van der Waals surface area contributed by atoms with Gasteiger partial charge in [-0.1, -0.05) is 60.7 Å². The van der Waals surface area contributed by atoms with E-state index >= 15 is 0 Å². The van der Waals surface area contributed by atoms with Gasteiger partial charge in [0.05, 0.1) is 30.1 Å². The van der Waals surface area contributed by atoms with Crippen LogP contribution < -0.4 is 4.74 Å². The molecule has 0 saturated heterocycles. The van der Waals surface area contributed by atoms with Crippen LogP contribution in [-0.2, 0) is 22.4 Å². The van der Waals surface area contributed by atoms with Gasteiger partial charge in [-0.25, -0.2) is 24.5 Å². The molecule has 5 aromatic rings. The van der Waals surface area contributed by atoms with E-state index < -0.39 is 23.4 Å². The molecule has 2 aromatic heterocycles. The van der Waals surface area contributed by atoms with Crippen LogP contribution in [0.25, 0.3) is 33.5 Å². The molecule has 48 heavy (non-hydrogen) atoms. The van der Waals surface area contributed by atoms with E-state index in [0.717, 1.165) is 28.9 Å². The lowest BCUT2D eigenvalue weighted by Gasteiger charge is -2.28. The number of carbonyl (C=O) groups is 2. The number of rotatable bonds is 9. The van der Waals surface area contributed by atoms with Crippen molar-refractivity contribution in [3.8, 4) is 28.3 Å². The highest BCUT2D eigenvalue weighted by molar-refractivity contribution is 5.90. The molecule has 0 fully saturated rings. The van der Waals surface area contributed by atoms with E-state index in [0.29, 0.717) is 40.3 Å². The van der Waals surface area contributed by atoms with Crippen LogP contribution in [0.3, 0.4) is 0 Å². The first-order valence-corrected chi connectivity index (χ1v) is 16.1. The lowest BCUT2D eigenvalue weighted by molar-refractivity contribution is -0.000253. The SMILES string of the molecule is CC(C)(C)OC(=O)N(Cc1ccc(-c2nc3cccc(OCCCc4ccncc4)c3nc2-c2ccccc2)cc1)C(=O)OC(C)(C)C. The van der Waals surface area contributed by atoms with Crippen molar-refractivity contribution in [3.05, 3.63) is 108 Å². The van der Waals surface area contributed by atoms with Crippen LogP contribution in [0.15, 0.2) is 97.3 Å². The Hall–Kier alpha value is -5.31. The second-order valence-corrected chi connectivity index (χ2v) is 13.5. The standard InChI is InChI=1S/C39H42N4O5/c1-38(2,3)47-36(44)43(37(45)48-39(4,5)6)26-28-17-19-30(20-18-28)33-34(29-13-8-7-9-14-29)42-35-31(41-33)15-10-16-32(35)46-25-11-12-27-21-23-40-24-22-27/h7-10,13-24H,11-12,25-26H2,1-6H3. The normalized spacial score (nSPS) is 11.6. The minimum atomic E-state index is -0.783. The molecule has 9 heteroatoms. The van der Waals surface area contributed by atoms with Gasteiger partial charge in [0.25, 0.3) is 0 Å². The maximum Gasteiger partial charge on any atom is 0.420 e. The summed E-state index contributed by atoms with van der Waals surface area (Å²) in [5, 5.41) is 0. The second-order valence-electron chi connectivity index (χ2n) is 13.5. The summed E-state index contributed by atoms with van der Waals surface area (Å²) in [4.78, 5) is 41.4. The fourth-order valence-corrected chi connectivity index (χ4v) is 4.96. The molecule has 0 saturated carbocycles. The summed E-state index contributed by atoms with van der Waals surface area (Å²) in [6.45, 7) is 11.0. The van der Waals surface area contributed by atoms with E-state index in [4.69, 9.17) is 24.2 Å². The molecule has 0 aliphatic carbocycles. The minimum Gasteiger partial charge on any atom is -0.491 e. The van der Waals surface area contributed by atoms with Gasteiger partial charge in [0.2, 0.25) is 0 Å². The Balaban J connectivity index is 1.43. The Labute approximate surface area is 281 Å². The summed E-state index contributed by atoms with van der Waals surface area (Å²) in [6, 6.07) is 27.3. The minimum absolute atomic E-state index is 0.0269. The van der Waals surface area contributed by atoms with Gasteiger partial charge >= 0.3 is 12.2 Å². The summed E-state index contributed by atoms with van der Waals surface area (Å²) in [5.74, 6) is 0.679. The van der Waals surface area contributed by atoms with Crippen molar-refractivity contribution < 1.29 is 23.8 Å². The number of hydrogen-bond donors (Lipinski definition) is 0. The van der Waals surface area contributed by atoms with E-state index in [2.05, 4.69) is 4.98 Å². The number of fused-ring (bicyclic) bond motifs is 1. The summed E-state index contributed by atoms with van der Waals surface area (Å²) < 4.78 is 17.3. The van der Waals surface area contributed by atoms with Gasteiger partial charge < -0.3 is 14.2 Å². The third kappa shape index (κ3) is 9.15. The Bertz CT molecular complexity index is 1820. The molecule has 0 N–H and O–H groups in total. The second kappa shape index (κ2) is 14.6. The number of aryl methyl sites for hydroxylation is 1. The number of nitrogens with zero attached hydrogens (tertiary/aromatic N) is 4. The van der Waals surface area contributed by atoms with Gasteiger partial charge in [-0.15, -0.1) is 0 Å². The van der Waals surface area contributed by atoms with Gasteiger partial charge in [-0.3, -0.25) is 4.98 Å². The number of amides is 2. The zero-order chi connectivity index (χ0) is 34.3. The van der Waals surface area contributed by atoms with Crippen molar-refractivity contribution in [2.75, 3.05) is 6.61 Å². The van der Waals surface area contributed by atoms with Crippen LogP contribution in [0.5, 0.6) is 5.75 Å². The first kappa shape index (κ1) is 34.0. The highest BCUT2D eigenvalue weighted by Crippen LogP contribution is 2.34. The number of aromatic nitrogens is 3. The molecule has 0 bridgehead atoms. The van der Waals surface area contributed by atoms with Gasteiger partial charge in [-0.2, -0.15) is 0 Å². The van der Waals surface area contributed by atoms with Gasteiger partial charge in [0, 0.05) is 23.5 Å². The van der Waals surface area contributed by atoms with Crippen LogP contribution in [-0.4, -0.2) is 49.8 Å². The Morgan fingerprint density at radius 2 is 1.27 bits per heavy atom. The van der Waals surface area contributed by atoms with E-state index in [1.807, 2.05) is 84.9 Å². The molecule has 0 unspecified atom stereocenters. The lowest BCUT2D eigenvalue weighted by Crippen LogP contribution is -2.43. The van der Waals surface area contributed by atoms with Crippen molar-refractivity contribution in [2.45, 2.75) is 72.1 Å². The first-order chi connectivity index (χ1) is 22.9.